The van der Waals surface area contributed by atoms with Crippen molar-refractivity contribution in [2.75, 3.05) is 5.73 Å². The zero-order valence-corrected chi connectivity index (χ0v) is 12.7. The molecule has 1 aromatic heterocycles. The minimum absolute atomic E-state index is 0.326. The van der Waals surface area contributed by atoms with E-state index in [2.05, 4.69) is 4.98 Å². The Morgan fingerprint density at radius 2 is 1.90 bits per heavy atom. The Bertz CT molecular complexity index is 819. The molecular formula is C15H12Cl2FN3. The van der Waals surface area contributed by atoms with Crippen LogP contribution in [0.3, 0.4) is 0 Å². The predicted octanol–water partition coefficient (Wildman–Crippen LogP) is 4.75. The molecule has 3 rings (SSSR count). The van der Waals surface area contributed by atoms with Gasteiger partial charge in [0.15, 0.2) is 5.82 Å². The Hall–Kier alpha value is -1.78. The van der Waals surface area contributed by atoms with Crippen molar-refractivity contribution in [3.63, 3.8) is 0 Å². The van der Waals surface area contributed by atoms with Crippen molar-refractivity contribution < 1.29 is 4.39 Å². The van der Waals surface area contributed by atoms with E-state index in [9.17, 15) is 4.39 Å². The summed E-state index contributed by atoms with van der Waals surface area (Å²) >= 11 is 12.1. The lowest BCUT2D eigenvalue weighted by Gasteiger charge is -2.08. The molecule has 0 atom stereocenters. The molecule has 0 saturated heterocycles. The molecule has 0 aliphatic heterocycles. The smallest absolute Gasteiger partial charge is 0.151 e. The van der Waals surface area contributed by atoms with Gasteiger partial charge < -0.3 is 10.3 Å². The van der Waals surface area contributed by atoms with Gasteiger partial charge in [-0.25, -0.2) is 9.37 Å². The van der Waals surface area contributed by atoms with Crippen molar-refractivity contribution in [2.24, 2.45) is 0 Å². The Morgan fingerprint density at radius 3 is 2.52 bits per heavy atom. The van der Waals surface area contributed by atoms with E-state index < -0.39 is 0 Å². The SMILES string of the molecule is CCn1c(-c2cc(Cl)c(N)c(Cl)c2)nc2c(F)cccc21. The highest BCUT2D eigenvalue weighted by atomic mass is 35.5. The topological polar surface area (TPSA) is 43.8 Å². The van der Waals surface area contributed by atoms with Crippen LogP contribution in [0.5, 0.6) is 0 Å². The summed E-state index contributed by atoms with van der Waals surface area (Å²) in [5.74, 6) is 0.259. The predicted molar refractivity (Wildman–Crippen MR) is 85.2 cm³/mol. The number of nitrogens with two attached hydrogens (primary N) is 1. The zero-order chi connectivity index (χ0) is 15.1. The average molecular weight is 324 g/mol. The maximum atomic E-state index is 13.9. The fourth-order valence-corrected chi connectivity index (χ4v) is 2.85. The van der Waals surface area contributed by atoms with Crippen molar-refractivity contribution in [3.05, 3.63) is 46.2 Å². The van der Waals surface area contributed by atoms with Gasteiger partial charge >= 0.3 is 0 Å². The molecule has 2 aromatic carbocycles. The number of benzene rings is 2. The Kier molecular flexibility index (Phi) is 3.51. The summed E-state index contributed by atoms with van der Waals surface area (Å²) < 4.78 is 15.8. The Morgan fingerprint density at radius 1 is 1.24 bits per heavy atom. The molecule has 0 aliphatic rings. The molecule has 0 spiro atoms. The second-order valence-corrected chi connectivity index (χ2v) is 5.46. The number of nitrogen functional groups attached to an aromatic ring is 1. The number of hydrogen-bond donors (Lipinski definition) is 1. The summed E-state index contributed by atoms with van der Waals surface area (Å²) in [4.78, 5) is 4.40. The van der Waals surface area contributed by atoms with Gasteiger partial charge in [-0.15, -0.1) is 0 Å². The van der Waals surface area contributed by atoms with Crippen molar-refractivity contribution in [2.45, 2.75) is 13.5 Å². The van der Waals surface area contributed by atoms with E-state index in [-0.39, 0.29) is 5.82 Å². The number of hydrogen-bond acceptors (Lipinski definition) is 2. The van der Waals surface area contributed by atoms with E-state index >= 15 is 0 Å². The van der Waals surface area contributed by atoms with Gasteiger partial charge in [0, 0.05) is 12.1 Å². The third kappa shape index (κ3) is 2.24. The van der Waals surface area contributed by atoms with Crippen molar-refractivity contribution >= 4 is 39.9 Å². The van der Waals surface area contributed by atoms with Gasteiger partial charge in [-0.05, 0) is 31.2 Å². The van der Waals surface area contributed by atoms with Crippen LogP contribution < -0.4 is 5.73 Å². The van der Waals surface area contributed by atoms with Gasteiger partial charge in [-0.3, -0.25) is 0 Å². The largest absolute Gasteiger partial charge is 0.396 e. The quantitative estimate of drug-likeness (QED) is 0.691. The fourth-order valence-electron chi connectivity index (χ4n) is 2.37. The number of aryl methyl sites for hydroxylation is 1. The highest BCUT2D eigenvalue weighted by Crippen LogP contribution is 2.34. The van der Waals surface area contributed by atoms with E-state index in [0.717, 1.165) is 5.52 Å². The molecule has 0 amide bonds. The molecule has 3 nitrogen and oxygen atoms in total. The van der Waals surface area contributed by atoms with Crippen LogP contribution in [-0.2, 0) is 6.54 Å². The summed E-state index contributed by atoms with van der Waals surface area (Å²) in [6, 6.07) is 8.27. The number of rotatable bonds is 2. The van der Waals surface area contributed by atoms with Gasteiger partial charge in [0.25, 0.3) is 0 Å². The summed E-state index contributed by atoms with van der Waals surface area (Å²) in [5.41, 5.74) is 7.84. The van der Waals surface area contributed by atoms with E-state index in [1.54, 1.807) is 18.2 Å². The highest BCUT2D eigenvalue weighted by molar-refractivity contribution is 6.39. The summed E-state index contributed by atoms with van der Waals surface area (Å²) in [5, 5.41) is 0.709. The fraction of sp³-hybridized carbons (Fsp3) is 0.133. The number of aromatic nitrogens is 2. The first-order chi connectivity index (χ1) is 10.0. The molecule has 1 heterocycles. The van der Waals surface area contributed by atoms with Crippen molar-refractivity contribution in [3.8, 4) is 11.4 Å². The lowest BCUT2D eigenvalue weighted by atomic mass is 10.2. The third-order valence-corrected chi connectivity index (χ3v) is 4.01. The minimum atomic E-state index is -0.353. The van der Waals surface area contributed by atoms with Crippen LogP contribution in [0.2, 0.25) is 10.0 Å². The van der Waals surface area contributed by atoms with Gasteiger partial charge in [0.2, 0.25) is 0 Å². The van der Waals surface area contributed by atoms with Crippen LogP contribution in [0.15, 0.2) is 30.3 Å². The number of imidazole rings is 1. The second kappa shape index (κ2) is 5.20. The van der Waals surface area contributed by atoms with E-state index in [0.29, 0.717) is 39.2 Å². The molecule has 108 valence electrons. The van der Waals surface area contributed by atoms with Crippen molar-refractivity contribution in [1.82, 2.24) is 9.55 Å². The van der Waals surface area contributed by atoms with Crippen LogP contribution >= 0.6 is 23.2 Å². The summed E-state index contributed by atoms with van der Waals surface area (Å²) in [6.07, 6.45) is 0. The van der Waals surface area contributed by atoms with Crippen LogP contribution in [0, 0.1) is 5.82 Å². The molecule has 2 N–H and O–H groups in total. The molecule has 3 aromatic rings. The Balaban J connectivity index is 2.32. The van der Waals surface area contributed by atoms with Gasteiger partial charge in [-0.1, -0.05) is 29.3 Å². The van der Waals surface area contributed by atoms with Crippen LogP contribution in [0.25, 0.3) is 22.4 Å². The normalized spacial score (nSPS) is 11.2. The first kappa shape index (κ1) is 14.2. The maximum Gasteiger partial charge on any atom is 0.151 e. The molecule has 21 heavy (non-hydrogen) atoms. The molecule has 0 fully saturated rings. The van der Waals surface area contributed by atoms with Crippen LogP contribution in [0.4, 0.5) is 10.1 Å². The summed E-state index contributed by atoms with van der Waals surface area (Å²) in [7, 11) is 0. The number of nitrogens with zero attached hydrogens (tertiary/aromatic N) is 2. The molecule has 0 aliphatic carbocycles. The molecular weight excluding hydrogens is 312 g/mol. The van der Waals surface area contributed by atoms with E-state index in [1.807, 2.05) is 17.6 Å². The minimum Gasteiger partial charge on any atom is -0.396 e. The molecule has 0 bridgehead atoms. The Labute approximate surface area is 131 Å². The second-order valence-electron chi connectivity index (χ2n) is 4.64. The molecule has 0 radical (unpaired) electrons. The van der Waals surface area contributed by atoms with E-state index in [1.165, 1.54) is 6.07 Å². The molecule has 0 saturated carbocycles. The third-order valence-electron chi connectivity index (χ3n) is 3.38. The maximum absolute atomic E-state index is 13.9. The first-order valence-electron chi connectivity index (χ1n) is 6.42. The number of fused-ring (bicyclic) bond motifs is 1. The van der Waals surface area contributed by atoms with Crippen LogP contribution in [0.1, 0.15) is 6.92 Å². The van der Waals surface area contributed by atoms with Gasteiger partial charge in [-0.2, -0.15) is 0 Å². The number of anilines is 1. The average Bonchev–Trinajstić information content (AvgIpc) is 2.84. The van der Waals surface area contributed by atoms with Gasteiger partial charge in [0.05, 0.1) is 21.2 Å². The lowest BCUT2D eigenvalue weighted by molar-refractivity contribution is 0.637. The van der Waals surface area contributed by atoms with Crippen molar-refractivity contribution in [1.29, 1.82) is 0 Å². The number of halogens is 3. The monoisotopic (exact) mass is 323 g/mol. The lowest BCUT2D eigenvalue weighted by Crippen LogP contribution is -1.98. The van der Waals surface area contributed by atoms with E-state index in [4.69, 9.17) is 28.9 Å². The highest BCUT2D eigenvalue weighted by Gasteiger charge is 2.16. The van der Waals surface area contributed by atoms with Crippen LogP contribution in [-0.4, -0.2) is 9.55 Å². The molecule has 0 unspecified atom stereocenters. The summed E-state index contributed by atoms with van der Waals surface area (Å²) in [6.45, 7) is 2.62. The van der Waals surface area contributed by atoms with Gasteiger partial charge in [0.1, 0.15) is 11.3 Å². The molecule has 6 heteroatoms. The zero-order valence-electron chi connectivity index (χ0n) is 11.2. The first-order valence-corrected chi connectivity index (χ1v) is 7.18. The number of para-hydroxylation sites is 1. The standard InChI is InChI=1S/C15H12Cl2FN3/c1-2-21-12-5-3-4-11(18)14(12)20-15(21)8-6-9(16)13(19)10(17)7-8/h3-7H,2,19H2,1H3.